The smallest absolute Gasteiger partial charge is 0.411 e. The van der Waals surface area contributed by atoms with Gasteiger partial charge in [-0.2, -0.15) is 0 Å². The van der Waals surface area contributed by atoms with E-state index < -0.39 is 41.3 Å². The van der Waals surface area contributed by atoms with Crippen molar-refractivity contribution in [3.8, 4) is 0 Å². The Morgan fingerprint density at radius 3 is 2.14 bits per heavy atom. The third kappa shape index (κ3) is 5.97. The molecule has 1 fully saturated rings. The standard InChI is InChI=1S/C21H29NO6/c1-20(2,3)27-17(23)12-15-18(24)26-13-16(14-10-8-7-9-11-14)22(15)19(25)28-21(4,5)6/h7-11,15-16H,12-13H2,1-6H3/t15-,16+/m0/s1. The topological polar surface area (TPSA) is 82.1 Å². The molecule has 2 rings (SSSR count). The Morgan fingerprint density at radius 2 is 1.61 bits per heavy atom. The lowest BCUT2D eigenvalue weighted by molar-refractivity contribution is -0.170. The van der Waals surface area contributed by atoms with E-state index in [-0.39, 0.29) is 13.0 Å². The van der Waals surface area contributed by atoms with Crippen LogP contribution in [0.15, 0.2) is 30.3 Å². The molecule has 1 aromatic carbocycles. The van der Waals surface area contributed by atoms with Crippen LogP contribution in [-0.2, 0) is 23.8 Å². The molecule has 0 bridgehead atoms. The number of cyclic esters (lactones) is 1. The second kappa shape index (κ2) is 8.20. The molecule has 1 heterocycles. The van der Waals surface area contributed by atoms with Crippen molar-refractivity contribution in [3.63, 3.8) is 0 Å². The largest absolute Gasteiger partial charge is 0.462 e. The zero-order chi connectivity index (χ0) is 21.1. The van der Waals surface area contributed by atoms with Crippen LogP contribution >= 0.6 is 0 Å². The first-order valence-electron chi connectivity index (χ1n) is 9.32. The highest BCUT2D eigenvalue weighted by Crippen LogP contribution is 2.31. The van der Waals surface area contributed by atoms with E-state index in [2.05, 4.69) is 0 Å². The number of esters is 2. The first-order valence-corrected chi connectivity index (χ1v) is 9.32. The fraction of sp³-hybridized carbons (Fsp3) is 0.571. The van der Waals surface area contributed by atoms with Crippen molar-refractivity contribution in [1.82, 2.24) is 4.90 Å². The molecule has 0 spiro atoms. The average molecular weight is 391 g/mol. The van der Waals surface area contributed by atoms with Gasteiger partial charge in [0.05, 0.1) is 12.5 Å². The zero-order valence-corrected chi connectivity index (χ0v) is 17.4. The van der Waals surface area contributed by atoms with Crippen LogP contribution in [0.25, 0.3) is 0 Å². The summed E-state index contributed by atoms with van der Waals surface area (Å²) < 4.78 is 16.2. The van der Waals surface area contributed by atoms with E-state index in [1.165, 1.54) is 4.90 Å². The number of benzene rings is 1. The minimum Gasteiger partial charge on any atom is -0.462 e. The number of morpholine rings is 1. The van der Waals surface area contributed by atoms with Gasteiger partial charge >= 0.3 is 18.0 Å². The molecule has 0 saturated carbocycles. The van der Waals surface area contributed by atoms with Crippen molar-refractivity contribution in [2.45, 2.75) is 71.2 Å². The van der Waals surface area contributed by atoms with E-state index in [1.807, 2.05) is 30.3 Å². The Hall–Kier alpha value is -2.57. The minimum atomic E-state index is -1.12. The number of carbonyl (C=O) groups is 3. The van der Waals surface area contributed by atoms with E-state index in [0.717, 1.165) is 5.56 Å². The molecule has 7 nitrogen and oxygen atoms in total. The predicted molar refractivity (Wildman–Crippen MR) is 102 cm³/mol. The molecule has 1 saturated heterocycles. The number of amides is 1. The summed E-state index contributed by atoms with van der Waals surface area (Å²) in [4.78, 5) is 39.1. The van der Waals surface area contributed by atoms with Crippen molar-refractivity contribution in [2.75, 3.05) is 6.61 Å². The highest BCUT2D eigenvalue weighted by molar-refractivity contribution is 5.87. The molecule has 154 valence electrons. The van der Waals surface area contributed by atoms with Gasteiger partial charge in [-0.3, -0.25) is 9.69 Å². The zero-order valence-electron chi connectivity index (χ0n) is 17.4. The Balaban J connectivity index is 2.36. The summed E-state index contributed by atoms with van der Waals surface area (Å²) in [5.74, 6) is -1.24. The molecule has 1 aromatic rings. The fourth-order valence-corrected chi connectivity index (χ4v) is 2.89. The van der Waals surface area contributed by atoms with Gasteiger partial charge < -0.3 is 14.2 Å². The first kappa shape index (κ1) is 21.7. The van der Waals surface area contributed by atoms with Gasteiger partial charge in [-0.15, -0.1) is 0 Å². The SMILES string of the molecule is CC(C)(C)OC(=O)C[C@H]1C(=O)OC[C@H](c2ccccc2)N1C(=O)OC(C)(C)C. The average Bonchev–Trinajstić information content (AvgIpc) is 2.54. The quantitative estimate of drug-likeness (QED) is 0.578. The van der Waals surface area contributed by atoms with Crippen LogP contribution in [0.5, 0.6) is 0 Å². The molecule has 1 amide bonds. The molecule has 0 aromatic heterocycles. The highest BCUT2D eigenvalue weighted by atomic mass is 16.6. The molecular weight excluding hydrogens is 362 g/mol. The van der Waals surface area contributed by atoms with Gasteiger partial charge in [0.1, 0.15) is 23.9 Å². The predicted octanol–water partition coefficient (Wildman–Crippen LogP) is 3.62. The molecule has 0 N–H and O–H groups in total. The monoisotopic (exact) mass is 391 g/mol. The molecule has 1 aliphatic heterocycles. The summed E-state index contributed by atoms with van der Waals surface area (Å²) in [6, 6.07) is 7.53. The number of carbonyl (C=O) groups excluding carboxylic acids is 3. The van der Waals surface area contributed by atoms with E-state index in [0.29, 0.717) is 0 Å². The van der Waals surface area contributed by atoms with E-state index >= 15 is 0 Å². The maximum atomic E-state index is 13.0. The van der Waals surface area contributed by atoms with E-state index in [4.69, 9.17) is 14.2 Å². The normalized spacial score (nSPS) is 20.4. The van der Waals surface area contributed by atoms with Crippen LogP contribution in [0.3, 0.4) is 0 Å². The maximum Gasteiger partial charge on any atom is 0.411 e. The van der Waals surface area contributed by atoms with Crippen LogP contribution in [0.2, 0.25) is 0 Å². The lowest BCUT2D eigenvalue weighted by atomic mass is 10.0. The lowest BCUT2D eigenvalue weighted by Gasteiger charge is -2.41. The third-order valence-electron chi connectivity index (χ3n) is 3.90. The third-order valence-corrected chi connectivity index (χ3v) is 3.90. The van der Waals surface area contributed by atoms with Crippen LogP contribution in [0.4, 0.5) is 4.79 Å². The minimum absolute atomic E-state index is 0.00704. The summed E-state index contributed by atoms with van der Waals surface area (Å²) in [5.41, 5.74) is -0.670. The molecule has 0 radical (unpaired) electrons. The summed E-state index contributed by atoms with van der Waals surface area (Å²) in [5, 5.41) is 0. The second-order valence-corrected chi connectivity index (χ2v) is 8.75. The van der Waals surface area contributed by atoms with Gasteiger partial charge in [-0.05, 0) is 47.1 Å². The number of hydrogen-bond donors (Lipinski definition) is 0. The lowest BCUT2D eigenvalue weighted by Crippen LogP contribution is -2.55. The second-order valence-electron chi connectivity index (χ2n) is 8.75. The molecule has 1 aliphatic rings. The molecular formula is C21H29NO6. The molecule has 0 unspecified atom stereocenters. The van der Waals surface area contributed by atoms with Crippen molar-refractivity contribution in [2.24, 2.45) is 0 Å². The highest BCUT2D eigenvalue weighted by Gasteiger charge is 2.45. The maximum absolute atomic E-state index is 13.0. The van der Waals surface area contributed by atoms with Crippen molar-refractivity contribution in [3.05, 3.63) is 35.9 Å². The van der Waals surface area contributed by atoms with Crippen LogP contribution in [0, 0.1) is 0 Å². The molecule has 2 atom stereocenters. The van der Waals surface area contributed by atoms with Gasteiger partial charge in [0.15, 0.2) is 0 Å². The van der Waals surface area contributed by atoms with Crippen molar-refractivity contribution < 1.29 is 28.6 Å². The Labute approximate surface area is 165 Å². The van der Waals surface area contributed by atoms with Gasteiger partial charge in [0.2, 0.25) is 0 Å². The molecule has 28 heavy (non-hydrogen) atoms. The summed E-state index contributed by atoms with van der Waals surface area (Å²) >= 11 is 0. The number of nitrogens with zero attached hydrogens (tertiary/aromatic N) is 1. The Morgan fingerprint density at radius 1 is 1.04 bits per heavy atom. The van der Waals surface area contributed by atoms with Crippen LogP contribution < -0.4 is 0 Å². The van der Waals surface area contributed by atoms with E-state index in [9.17, 15) is 14.4 Å². The molecule has 7 heteroatoms. The van der Waals surface area contributed by atoms with Gasteiger partial charge in [0, 0.05) is 0 Å². The van der Waals surface area contributed by atoms with Crippen LogP contribution in [0.1, 0.15) is 59.6 Å². The number of rotatable bonds is 3. The fourth-order valence-electron chi connectivity index (χ4n) is 2.89. The van der Waals surface area contributed by atoms with Crippen molar-refractivity contribution >= 4 is 18.0 Å². The van der Waals surface area contributed by atoms with Gasteiger partial charge in [0.25, 0.3) is 0 Å². The van der Waals surface area contributed by atoms with Gasteiger partial charge in [-0.1, -0.05) is 30.3 Å². The van der Waals surface area contributed by atoms with Crippen molar-refractivity contribution in [1.29, 1.82) is 0 Å². The summed E-state index contributed by atoms with van der Waals surface area (Å²) in [6.45, 7) is 10.4. The van der Waals surface area contributed by atoms with E-state index in [1.54, 1.807) is 41.5 Å². The summed E-state index contributed by atoms with van der Waals surface area (Å²) in [7, 11) is 0. The number of hydrogen-bond acceptors (Lipinski definition) is 6. The summed E-state index contributed by atoms with van der Waals surface area (Å²) in [6.07, 6.45) is -0.981. The Bertz CT molecular complexity index is 717. The van der Waals surface area contributed by atoms with Crippen LogP contribution in [-0.4, -0.2) is 46.8 Å². The first-order chi connectivity index (χ1) is 12.9. The molecule has 0 aliphatic carbocycles. The van der Waals surface area contributed by atoms with Gasteiger partial charge in [-0.25, -0.2) is 9.59 Å². The number of ether oxygens (including phenoxy) is 3. The Kier molecular flexibility index (Phi) is 6.37.